The van der Waals surface area contributed by atoms with Crippen LogP contribution in [0.1, 0.15) is 224 Å². The fourth-order valence-electron chi connectivity index (χ4n) is 7.35. The van der Waals surface area contributed by atoms with Crippen molar-refractivity contribution in [2.24, 2.45) is 0 Å². The summed E-state index contributed by atoms with van der Waals surface area (Å²) >= 11 is 0. The van der Waals surface area contributed by atoms with E-state index < -0.39 is 43.5 Å². The summed E-state index contributed by atoms with van der Waals surface area (Å²) in [5.41, 5.74) is 0.255. The van der Waals surface area contributed by atoms with Gasteiger partial charge in [0, 0.05) is 12.1 Å². The summed E-state index contributed by atoms with van der Waals surface area (Å²) in [5.74, 6) is 0.872. The normalized spacial score (nSPS) is 13.6. The van der Waals surface area contributed by atoms with Gasteiger partial charge in [0.15, 0.2) is 11.5 Å². The summed E-state index contributed by atoms with van der Waals surface area (Å²) in [7, 11) is 0. The molecule has 1 rings (SSSR count). The molecule has 0 radical (unpaired) electrons. The van der Waals surface area contributed by atoms with E-state index in [4.69, 9.17) is 19.3 Å². The van der Waals surface area contributed by atoms with Gasteiger partial charge in [-0.1, -0.05) is 194 Å². The van der Waals surface area contributed by atoms with Crippen LogP contribution in [0.2, 0.25) is 0 Å². The standard InChI is InChI=1S/C49H91NO9/c1-4-7-10-13-16-19-22-25-28-31-34-57-44-37-41(49(56)50-39-42(52)46(54)47(55)43(53)40-51)38-45(58-35-32-29-26-23-20-17-14-11-8-5-2)48(44)59-36-33-30-27-24-21-18-15-12-9-6-3/h37-38,42-43,46-47,51-55H,4-36,39-40H2,1-3H3,(H,50,56)/t42-,43+,46+,47+/m0/s1. The van der Waals surface area contributed by atoms with Crippen LogP contribution in [0, 0.1) is 0 Å². The molecule has 10 nitrogen and oxygen atoms in total. The Morgan fingerprint density at radius 3 is 1.12 bits per heavy atom. The zero-order chi connectivity index (χ0) is 43.2. The van der Waals surface area contributed by atoms with E-state index in [1.165, 1.54) is 141 Å². The van der Waals surface area contributed by atoms with Crippen molar-refractivity contribution >= 4 is 5.91 Å². The van der Waals surface area contributed by atoms with Crippen molar-refractivity contribution in [2.45, 2.75) is 238 Å². The molecule has 0 fully saturated rings. The minimum absolute atomic E-state index is 0.255. The summed E-state index contributed by atoms with van der Waals surface area (Å²) in [5, 5.41) is 52.3. The van der Waals surface area contributed by atoms with Gasteiger partial charge in [-0.2, -0.15) is 0 Å². The lowest BCUT2D eigenvalue weighted by Crippen LogP contribution is -2.49. The maximum absolute atomic E-state index is 13.5. The average Bonchev–Trinajstić information content (AvgIpc) is 3.25. The van der Waals surface area contributed by atoms with Crippen molar-refractivity contribution in [3.05, 3.63) is 17.7 Å². The minimum Gasteiger partial charge on any atom is -0.490 e. The Labute approximate surface area is 360 Å². The first-order chi connectivity index (χ1) is 28.8. The third-order valence-corrected chi connectivity index (χ3v) is 11.3. The van der Waals surface area contributed by atoms with Gasteiger partial charge in [0.25, 0.3) is 5.91 Å². The first kappa shape index (κ1) is 54.9. The second-order valence-corrected chi connectivity index (χ2v) is 16.9. The number of hydrogen-bond donors (Lipinski definition) is 6. The molecular weight excluding hydrogens is 747 g/mol. The molecule has 0 bridgehead atoms. The van der Waals surface area contributed by atoms with Crippen LogP contribution in [0.5, 0.6) is 17.2 Å². The van der Waals surface area contributed by atoms with Crippen LogP contribution < -0.4 is 19.5 Å². The van der Waals surface area contributed by atoms with Gasteiger partial charge in [0.1, 0.15) is 18.3 Å². The first-order valence-electron chi connectivity index (χ1n) is 24.5. The van der Waals surface area contributed by atoms with E-state index in [9.17, 15) is 25.2 Å². The SMILES string of the molecule is CCCCCCCCCCCCOc1cc(C(=O)NC[C@H](O)[C@@H](O)[C@H](O)[C@H](O)CO)cc(OCCCCCCCCCCCC)c1OCCCCCCCCCCCC. The molecule has 59 heavy (non-hydrogen) atoms. The summed E-state index contributed by atoms with van der Waals surface area (Å²) in [4.78, 5) is 13.5. The van der Waals surface area contributed by atoms with E-state index in [1.54, 1.807) is 12.1 Å². The second kappa shape index (κ2) is 38.8. The van der Waals surface area contributed by atoms with Crippen LogP contribution in [0.4, 0.5) is 0 Å². The van der Waals surface area contributed by atoms with Gasteiger partial charge in [-0.25, -0.2) is 0 Å². The highest BCUT2D eigenvalue weighted by Crippen LogP contribution is 2.40. The Balaban J connectivity index is 3.02. The molecule has 0 unspecified atom stereocenters. The lowest BCUT2D eigenvalue weighted by atomic mass is 10.0. The predicted molar refractivity (Wildman–Crippen MR) is 242 cm³/mol. The van der Waals surface area contributed by atoms with Crippen LogP contribution >= 0.6 is 0 Å². The zero-order valence-corrected chi connectivity index (χ0v) is 38.1. The van der Waals surface area contributed by atoms with E-state index in [0.717, 1.165) is 51.4 Å². The largest absolute Gasteiger partial charge is 0.490 e. The fraction of sp³-hybridized carbons (Fsp3) is 0.857. The molecule has 0 saturated heterocycles. The number of carbonyl (C=O) groups excluding carboxylic acids is 1. The van der Waals surface area contributed by atoms with Gasteiger partial charge >= 0.3 is 0 Å². The van der Waals surface area contributed by atoms with Gasteiger partial charge in [0.2, 0.25) is 5.75 Å². The highest BCUT2D eigenvalue weighted by atomic mass is 16.5. The number of unbranched alkanes of at least 4 members (excludes halogenated alkanes) is 27. The first-order valence-corrected chi connectivity index (χ1v) is 24.5. The van der Waals surface area contributed by atoms with Crippen LogP contribution in [-0.4, -0.2) is 88.8 Å². The molecule has 1 aromatic carbocycles. The van der Waals surface area contributed by atoms with E-state index in [0.29, 0.717) is 37.1 Å². The molecule has 1 aromatic rings. The van der Waals surface area contributed by atoms with Crippen LogP contribution in [-0.2, 0) is 0 Å². The van der Waals surface area contributed by atoms with Gasteiger partial charge in [0.05, 0.1) is 32.5 Å². The molecular formula is C49H91NO9. The number of ether oxygens (including phenoxy) is 3. The topological polar surface area (TPSA) is 158 Å². The number of nitrogens with one attached hydrogen (secondary N) is 1. The van der Waals surface area contributed by atoms with Gasteiger partial charge in [-0.05, 0) is 31.4 Å². The van der Waals surface area contributed by atoms with Gasteiger partial charge in [-0.15, -0.1) is 0 Å². The number of aliphatic hydroxyl groups excluding tert-OH is 5. The molecule has 0 aromatic heterocycles. The number of rotatable bonds is 43. The van der Waals surface area contributed by atoms with Crippen molar-refractivity contribution in [1.82, 2.24) is 5.32 Å². The third kappa shape index (κ3) is 28.2. The smallest absolute Gasteiger partial charge is 0.251 e. The molecule has 1 amide bonds. The summed E-state index contributed by atoms with van der Waals surface area (Å²) < 4.78 is 19.2. The molecule has 0 heterocycles. The number of hydrogen-bond acceptors (Lipinski definition) is 9. The van der Waals surface area contributed by atoms with Gasteiger partial charge in [-0.3, -0.25) is 4.79 Å². The Bertz CT molecular complexity index is 1060. The minimum atomic E-state index is -1.78. The predicted octanol–water partition coefficient (Wildman–Crippen LogP) is 10.8. The van der Waals surface area contributed by atoms with E-state index in [1.807, 2.05) is 0 Å². The Kier molecular flexibility index (Phi) is 36.1. The Morgan fingerprint density at radius 2 is 0.780 bits per heavy atom. The third-order valence-electron chi connectivity index (χ3n) is 11.3. The summed E-state index contributed by atoms with van der Waals surface area (Å²) in [6.45, 7) is 7.03. The van der Waals surface area contributed by atoms with Crippen molar-refractivity contribution in [1.29, 1.82) is 0 Å². The molecule has 0 aliphatic heterocycles. The second-order valence-electron chi connectivity index (χ2n) is 16.9. The van der Waals surface area contributed by atoms with E-state index in [2.05, 4.69) is 26.1 Å². The summed E-state index contributed by atoms with van der Waals surface area (Å²) in [6, 6.07) is 3.31. The molecule has 0 aliphatic rings. The quantitative estimate of drug-likeness (QED) is 0.0352. The number of carbonyl (C=O) groups is 1. The number of benzene rings is 1. The Hall–Kier alpha value is -2.11. The number of amides is 1. The molecule has 4 atom stereocenters. The lowest BCUT2D eigenvalue weighted by Gasteiger charge is -2.25. The molecule has 346 valence electrons. The van der Waals surface area contributed by atoms with E-state index in [-0.39, 0.29) is 5.56 Å². The fourth-order valence-corrected chi connectivity index (χ4v) is 7.35. The van der Waals surface area contributed by atoms with Crippen LogP contribution in [0.15, 0.2) is 12.1 Å². The van der Waals surface area contributed by atoms with Crippen molar-refractivity contribution in [3.8, 4) is 17.2 Å². The van der Waals surface area contributed by atoms with E-state index >= 15 is 0 Å². The maximum Gasteiger partial charge on any atom is 0.251 e. The maximum atomic E-state index is 13.5. The zero-order valence-electron chi connectivity index (χ0n) is 38.1. The average molecular weight is 838 g/mol. The van der Waals surface area contributed by atoms with Crippen LogP contribution in [0.25, 0.3) is 0 Å². The van der Waals surface area contributed by atoms with Crippen LogP contribution in [0.3, 0.4) is 0 Å². The molecule has 6 N–H and O–H groups in total. The van der Waals surface area contributed by atoms with Crippen molar-refractivity contribution in [3.63, 3.8) is 0 Å². The van der Waals surface area contributed by atoms with Crippen molar-refractivity contribution in [2.75, 3.05) is 33.0 Å². The molecule has 10 heteroatoms. The summed E-state index contributed by atoms with van der Waals surface area (Å²) in [6.07, 6.45) is 29.7. The molecule has 0 aliphatic carbocycles. The Morgan fingerprint density at radius 1 is 0.475 bits per heavy atom. The highest BCUT2D eigenvalue weighted by Gasteiger charge is 2.30. The molecule has 0 saturated carbocycles. The monoisotopic (exact) mass is 838 g/mol. The molecule has 0 spiro atoms. The van der Waals surface area contributed by atoms with Crippen molar-refractivity contribution < 1.29 is 44.5 Å². The highest BCUT2D eigenvalue weighted by molar-refractivity contribution is 5.95. The van der Waals surface area contributed by atoms with Gasteiger partial charge < -0.3 is 45.1 Å². The lowest BCUT2D eigenvalue weighted by molar-refractivity contribution is -0.113. The number of aliphatic hydroxyl groups is 5.